The molecule has 0 spiro atoms. The zero-order chi connectivity index (χ0) is 17.4. The molecule has 0 atom stereocenters. The molecule has 0 aliphatic heterocycles. The fourth-order valence-electron chi connectivity index (χ4n) is 1.98. The predicted octanol–water partition coefficient (Wildman–Crippen LogP) is 3.20. The maximum absolute atomic E-state index is 11.7. The minimum Gasteiger partial charge on any atom is -0.496 e. The van der Waals surface area contributed by atoms with Gasteiger partial charge in [0.15, 0.2) is 6.61 Å². The molecule has 5 nitrogen and oxygen atoms in total. The van der Waals surface area contributed by atoms with E-state index in [-0.39, 0.29) is 6.61 Å². The molecule has 1 amide bonds. The van der Waals surface area contributed by atoms with Crippen molar-refractivity contribution in [2.24, 2.45) is 0 Å². The quantitative estimate of drug-likeness (QED) is 0.654. The maximum Gasteiger partial charge on any atom is 0.331 e. The van der Waals surface area contributed by atoms with Crippen LogP contribution in [0, 0.1) is 6.92 Å². The summed E-state index contributed by atoms with van der Waals surface area (Å²) in [6, 6.07) is 14.6. The molecular formula is C19H19NO4. The molecule has 0 aliphatic carbocycles. The molecular weight excluding hydrogens is 306 g/mol. The van der Waals surface area contributed by atoms with E-state index in [1.165, 1.54) is 6.08 Å². The number of rotatable bonds is 6. The molecule has 124 valence electrons. The third-order valence-corrected chi connectivity index (χ3v) is 3.22. The smallest absolute Gasteiger partial charge is 0.331 e. The largest absolute Gasteiger partial charge is 0.496 e. The summed E-state index contributed by atoms with van der Waals surface area (Å²) in [7, 11) is 1.56. The summed E-state index contributed by atoms with van der Waals surface area (Å²) >= 11 is 0. The van der Waals surface area contributed by atoms with E-state index in [4.69, 9.17) is 9.47 Å². The highest BCUT2D eigenvalue weighted by Crippen LogP contribution is 2.18. The lowest BCUT2D eigenvalue weighted by molar-refractivity contribution is -0.142. The van der Waals surface area contributed by atoms with E-state index in [9.17, 15) is 9.59 Å². The number of methoxy groups -OCH3 is 1. The number of hydrogen-bond acceptors (Lipinski definition) is 4. The number of carbonyl (C=O) groups is 2. The van der Waals surface area contributed by atoms with Gasteiger partial charge in [-0.15, -0.1) is 0 Å². The number of ether oxygens (including phenoxy) is 2. The molecule has 2 aromatic rings. The number of nitrogens with one attached hydrogen (secondary N) is 1. The van der Waals surface area contributed by atoms with Gasteiger partial charge in [0.1, 0.15) is 5.75 Å². The van der Waals surface area contributed by atoms with Gasteiger partial charge in [0.2, 0.25) is 0 Å². The summed E-state index contributed by atoms with van der Waals surface area (Å²) < 4.78 is 10.1. The van der Waals surface area contributed by atoms with E-state index < -0.39 is 11.9 Å². The normalized spacial score (nSPS) is 10.4. The summed E-state index contributed by atoms with van der Waals surface area (Å²) in [5.41, 5.74) is 2.51. The van der Waals surface area contributed by atoms with Crippen molar-refractivity contribution < 1.29 is 19.1 Å². The highest BCUT2D eigenvalue weighted by atomic mass is 16.5. The molecule has 0 saturated heterocycles. The van der Waals surface area contributed by atoms with Crippen molar-refractivity contribution in [3.8, 4) is 5.75 Å². The van der Waals surface area contributed by atoms with E-state index in [1.54, 1.807) is 31.4 Å². The Morgan fingerprint density at radius 3 is 2.50 bits per heavy atom. The average molecular weight is 325 g/mol. The van der Waals surface area contributed by atoms with E-state index in [0.29, 0.717) is 11.4 Å². The van der Waals surface area contributed by atoms with Crippen molar-refractivity contribution in [3.05, 3.63) is 65.7 Å². The minimum atomic E-state index is -0.597. The lowest BCUT2D eigenvalue weighted by Crippen LogP contribution is -2.20. The van der Waals surface area contributed by atoms with Gasteiger partial charge in [0, 0.05) is 17.3 Å². The zero-order valence-corrected chi connectivity index (χ0v) is 13.6. The molecule has 0 aliphatic rings. The van der Waals surface area contributed by atoms with Crippen molar-refractivity contribution in [1.82, 2.24) is 0 Å². The Morgan fingerprint density at radius 1 is 1.08 bits per heavy atom. The molecule has 0 bridgehead atoms. The SMILES string of the molecule is COc1ccccc1/C=C/C(=O)OCC(=O)Nc1ccc(C)cc1. The van der Waals surface area contributed by atoms with Crippen LogP contribution < -0.4 is 10.1 Å². The van der Waals surface area contributed by atoms with Gasteiger partial charge in [-0.3, -0.25) is 4.79 Å². The van der Waals surface area contributed by atoms with Crippen LogP contribution in [-0.2, 0) is 14.3 Å². The van der Waals surface area contributed by atoms with Crippen LogP contribution >= 0.6 is 0 Å². The third kappa shape index (κ3) is 5.28. The summed E-state index contributed by atoms with van der Waals surface area (Å²) in [6.45, 7) is 1.62. The van der Waals surface area contributed by atoms with Crippen LogP contribution in [-0.4, -0.2) is 25.6 Å². The van der Waals surface area contributed by atoms with E-state index in [0.717, 1.165) is 11.1 Å². The molecule has 24 heavy (non-hydrogen) atoms. The zero-order valence-electron chi connectivity index (χ0n) is 13.6. The van der Waals surface area contributed by atoms with E-state index in [2.05, 4.69) is 5.32 Å². The van der Waals surface area contributed by atoms with Crippen LogP contribution in [0.15, 0.2) is 54.6 Å². The van der Waals surface area contributed by atoms with Gasteiger partial charge >= 0.3 is 5.97 Å². The number of carbonyl (C=O) groups excluding carboxylic acids is 2. The van der Waals surface area contributed by atoms with Gasteiger partial charge in [0.25, 0.3) is 5.91 Å². The average Bonchev–Trinajstić information content (AvgIpc) is 2.60. The number of anilines is 1. The van der Waals surface area contributed by atoms with Gasteiger partial charge < -0.3 is 14.8 Å². The molecule has 0 radical (unpaired) electrons. The Bertz CT molecular complexity index is 735. The summed E-state index contributed by atoms with van der Waals surface area (Å²) in [5, 5.41) is 2.66. The maximum atomic E-state index is 11.7. The van der Waals surface area contributed by atoms with Crippen LogP contribution in [0.3, 0.4) is 0 Å². The fourth-order valence-corrected chi connectivity index (χ4v) is 1.98. The first-order valence-electron chi connectivity index (χ1n) is 7.43. The van der Waals surface area contributed by atoms with Crippen LogP contribution in [0.4, 0.5) is 5.69 Å². The fraction of sp³-hybridized carbons (Fsp3) is 0.158. The first kappa shape index (κ1) is 17.3. The Labute approximate surface area is 140 Å². The second kappa shape index (κ2) is 8.53. The Kier molecular flexibility index (Phi) is 6.14. The minimum absolute atomic E-state index is 0.344. The number of benzene rings is 2. The van der Waals surface area contributed by atoms with Crippen molar-refractivity contribution in [2.45, 2.75) is 6.92 Å². The summed E-state index contributed by atoms with van der Waals surface area (Å²) in [5.74, 6) is -0.337. The first-order valence-corrected chi connectivity index (χ1v) is 7.43. The van der Waals surface area contributed by atoms with Crippen LogP contribution in [0.2, 0.25) is 0 Å². The summed E-state index contributed by atoms with van der Waals surface area (Å²) in [6.07, 6.45) is 2.84. The van der Waals surface area contributed by atoms with Crippen molar-refractivity contribution in [3.63, 3.8) is 0 Å². The van der Waals surface area contributed by atoms with Gasteiger partial charge in [-0.2, -0.15) is 0 Å². The second-order valence-corrected chi connectivity index (χ2v) is 5.10. The molecule has 5 heteroatoms. The molecule has 1 N–H and O–H groups in total. The standard InChI is InChI=1S/C19H19NO4/c1-14-7-10-16(11-8-14)20-18(21)13-24-19(22)12-9-15-5-3-4-6-17(15)23-2/h3-12H,13H2,1-2H3,(H,20,21)/b12-9+. The monoisotopic (exact) mass is 325 g/mol. The topological polar surface area (TPSA) is 64.6 Å². The van der Waals surface area contributed by atoms with Gasteiger partial charge in [-0.25, -0.2) is 4.79 Å². The molecule has 0 heterocycles. The van der Waals surface area contributed by atoms with Crippen LogP contribution in [0.5, 0.6) is 5.75 Å². The molecule has 2 rings (SSSR count). The number of aryl methyl sites for hydroxylation is 1. The molecule has 0 aromatic heterocycles. The Hall–Kier alpha value is -3.08. The number of esters is 1. The Balaban J connectivity index is 1.83. The summed E-state index contributed by atoms with van der Waals surface area (Å²) in [4.78, 5) is 23.4. The van der Waals surface area contributed by atoms with E-state index in [1.807, 2.05) is 37.3 Å². The van der Waals surface area contributed by atoms with Crippen molar-refractivity contribution >= 4 is 23.6 Å². The van der Waals surface area contributed by atoms with Crippen molar-refractivity contribution in [2.75, 3.05) is 19.0 Å². The van der Waals surface area contributed by atoms with Gasteiger partial charge in [-0.05, 0) is 31.2 Å². The highest BCUT2D eigenvalue weighted by molar-refractivity contribution is 5.94. The molecule has 0 unspecified atom stereocenters. The number of para-hydroxylation sites is 1. The lowest BCUT2D eigenvalue weighted by Gasteiger charge is -2.06. The Morgan fingerprint density at radius 2 is 1.79 bits per heavy atom. The number of amides is 1. The third-order valence-electron chi connectivity index (χ3n) is 3.22. The number of hydrogen-bond donors (Lipinski definition) is 1. The van der Waals surface area contributed by atoms with Crippen LogP contribution in [0.25, 0.3) is 6.08 Å². The molecule has 0 fully saturated rings. The van der Waals surface area contributed by atoms with Gasteiger partial charge in [0.05, 0.1) is 7.11 Å². The predicted molar refractivity (Wildman–Crippen MR) is 92.8 cm³/mol. The van der Waals surface area contributed by atoms with Gasteiger partial charge in [-0.1, -0.05) is 35.9 Å². The van der Waals surface area contributed by atoms with Crippen LogP contribution in [0.1, 0.15) is 11.1 Å². The lowest BCUT2D eigenvalue weighted by atomic mass is 10.2. The second-order valence-electron chi connectivity index (χ2n) is 5.10. The first-order chi connectivity index (χ1) is 11.6. The molecule has 2 aromatic carbocycles. The van der Waals surface area contributed by atoms with Crippen molar-refractivity contribution in [1.29, 1.82) is 0 Å². The van der Waals surface area contributed by atoms with E-state index >= 15 is 0 Å². The highest BCUT2D eigenvalue weighted by Gasteiger charge is 2.06. The molecule has 0 saturated carbocycles.